The van der Waals surface area contributed by atoms with Gasteiger partial charge in [0.15, 0.2) is 0 Å². The van der Waals surface area contributed by atoms with Crippen molar-refractivity contribution in [3.8, 4) is 0 Å². The summed E-state index contributed by atoms with van der Waals surface area (Å²) in [6, 6.07) is 0. The highest BCUT2D eigenvalue weighted by molar-refractivity contribution is 5.69. The molecule has 1 saturated carbocycles. The van der Waals surface area contributed by atoms with Crippen LogP contribution in [0.3, 0.4) is 0 Å². The summed E-state index contributed by atoms with van der Waals surface area (Å²) < 4.78 is 5.66. The SMILES string of the molecule is CC.CCCCCCCCCCCCCCCC(=O)OC(C)C1CCCCC1. The Morgan fingerprint density at radius 2 is 1.18 bits per heavy atom. The van der Waals surface area contributed by atoms with Gasteiger partial charge in [0.2, 0.25) is 0 Å². The van der Waals surface area contributed by atoms with Crippen LogP contribution in [0.15, 0.2) is 0 Å². The molecule has 28 heavy (non-hydrogen) atoms. The van der Waals surface area contributed by atoms with Crippen molar-refractivity contribution < 1.29 is 9.53 Å². The smallest absolute Gasteiger partial charge is 0.306 e. The van der Waals surface area contributed by atoms with E-state index >= 15 is 0 Å². The molecule has 0 aromatic heterocycles. The van der Waals surface area contributed by atoms with E-state index in [-0.39, 0.29) is 12.1 Å². The molecule has 0 N–H and O–H groups in total. The second-order valence-electron chi connectivity index (χ2n) is 8.59. The van der Waals surface area contributed by atoms with Gasteiger partial charge in [-0.25, -0.2) is 0 Å². The van der Waals surface area contributed by atoms with Crippen LogP contribution in [0.2, 0.25) is 0 Å². The Labute approximate surface area is 177 Å². The number of carbonyl (C=O) groups is 1. The highest BCUT2D eigenvalue weighted by atomic mass is 16.5. The highest BCUT2D eigenvalue weighted by Gasteiger charge is 2.22. The Kier molecular flexibility index (Phi) is 20.8. The lowest BCUT2D eigenvalue weighted by atomic mass is 9.86. The van der Waals surface area contributed by atoms with E-state index in [1.807, 2.05) is 13.8 Å². The summed E-state index contributed by atoms with van der Waals surface area (Å²) in [4.78, 5) is 12.0. The Balaban J connectivity index is 0.00000352. The van der Waals surface area contributed by atoms with Crippen LogP contribution in [0.4, 0.5) is 0 Å². The molecule has 1 rings (SSSR count). The monoisotopic (exact) mass is 396 g/mol. The zero-order chi connectivity index (χ0) is 20.9. The molecular weight excluding hydrogens is 344 g/mol. The topological polar surface area (TPSA) is 26.3 Å². The van der Waals surface area contributed by atoms with Crippen LogP contribution < -0.4 is 0 Å². The number of carbonyl (C=O) groups excluding carboxylic acids is 1. The highest BCUT2D eigenvalue weighted by Crippen LogP contribution is 2.28. The average molecular weight is 397 g/mol. The first kappa shape index (κ1) is 27.5. The first-order valence-electron chi connectivity index (χ1n) is 12.9. The number of unbranched alkanes of at least 4 members (excludes halogenated alkanes) is 12. The Hall–Kier alpha value is -0.530. The molecule has 0 bridgehead atoms. The third kappa shape index (κ3) is 16.4. The van der Waals surface area contributed by atoms with Crippen LogP contribution >= 0.6 is 0 Å². The zero-order valence-corrected chi connectivity index (χ0v) is 19.9. The summed E-state index contributed by atoms with van der Waals surface area (Å²) in [6.45, 7) is 8.37. The Bertz CT molecular complexity index is 320. The van der Waals surface area contributed by atoms with Crippen LogP contribution in [0, 0.1) is 5.92 Å². The fourth-order valence-electron chi connectivity index (χ4n) is 4.25. The lowest BCUT2D eigenvalue weighted by Gasteiger charge is -2.27. The maximum absolute atomic E-state index is 12.0. The minimum atomic E-state index is 0.0335. The molecule has 0 aromatic rings. The molecule has 2 nitrogen and oxygen atoms in total. The molecule has 0 aliphatic heterocycles. The van der Waals surface area contributed by atoms with Gasteiger partial charge >= 0.3 is 5.97 Å². The average Bonchev–Trinajstić information content (AvgIpc) is 2.73. The van der Waals surface area contributed by atoms with E-state index in [9.17, 15) is 4.79 Å². The molecule has 1 atom stereocenters. The van der Waals surface area contributed by atoms with E-state index in [0.717, 1.165) is 6.42 Å². The molecule has 0 aromatic carbocycles. The molecular formula is C26H52O2. The van der Waals surface area contributed by atoms with Crippen molar-refractivity contribution in [2.45, 2.75) is 156 Å². The standard InChI is InChI=1S/C24H46O2.C2H6/c1-3-4-5-6-7-8-9-10-11-12-13-14-18-21-24(25)26-22(2)23-19-16-15-17-20-23;1-2/h22-23H,3-21H2,1-2H3;1-2H3. The molecule has 0 heterocycles. The number of hydrogen-bond acceptors (Lipinski definition) is 2. The maximum atomic E-state index is 12.0. The van der Waals surface area contributed by atoms with Crippen molar-refractivity contribution in [2.75, 3.05) is 0 Å². The summed E-state index contributed by atoms with van der Waals surface area (Å²) in [5, 5.41) is 0. The van der Waals surface area contributed by atoms with Crippen LogP contribution in [0.1, 0.15) is 150 Å². The molecule has 1 unspecified atom stereocenters. The van der Waals surface area contributed by atoms with Gasteiger partial charge in [0.05, 0.1) is 0 Å². The third-order valence-corrected chi connectivity index (χ3v) is 6.12. The predicted molar refractivity (Wildman–Crippen MR) is 124 cm³/mol. The van der Waals surface area contributed by atoms with E-state index in [1.165, 1.54) is 109 Å². The number of esters is 1. The van der Waals surface area contributed by atoms with Crippen molar-refractivity contribution in [2.24, 2.45) is 5.92 Å². The zero-order valence-electron chi connectivity index (χ0n) is 19.9. The molecule has 1 aliphatic carbocycles. The number of rotatable bonds is 16. The van der Waals surface area contributed by atoms with Crippen LogP contribution in [-0.2, 0) is 9.53 Å². The molecule has 1 aliphatic rings. The lowest BCUT2D eigenvalue weighted by molar-refractivity contribution is -0.151. The van der Waals surface area contributed by atoms with Gasteiger partial charge in [0.25, 0.3) is 0 Å². The van der Waals surface area contributed by atoms with Gasteiger partial charge in [0.1, 0.15) is 6.10 Å². The van der Waals surface area contributed by atoms with E-state index < -0.39 is 0 Å². The van der Waals surface area contributed by atoms with Gasteiger partial charge in [-0.2, -0.15) is 0 Å². The van der Waals surface area contributed by atoms with Gasteiger partial charge in [-0.1, -0.05) is 117 Å². The Morgan fingerprint density at radius 1 is 0.750 bits per heavy atom. The van der Waals surface area contributed by atoms with Crippen molar-refractivity contribution in [1.29, 1.82) is 0 Å². The third-order valence-electron chi connectivity index (χ3n) is 6.12. The molecule has 2 heteroatoms. The first-order chi connectivity index (χ1) is 13.7. The van der Waals surface area contributed by atoms with Crippen LogP contribution in [-0.4, -0.2) is 12.1 Å². The summed E-state index contributed by atoms with van der Waals surface area (Å²) in [7, 11) is 0. The molecule has 0 saturated heterocycles. The number of ether oxygens (including phenoxy) is 1. The van der Waals surface area contributed by atoms with Gasteiger partial charge in [0, 0.05) is 6.42 Å². The molecule has 0 amide bonds. The van der Waals surface area contributed by atoms with Gasteiger partial charge < -0.3 is 4.74 Å². The predicted octanol–water partition coefficient (Wildman–Crippen LogP) is 9.01. The second-order valence-corrected chi connectivity index (χ2v) is 8.59. The molecule has 0 radical (unpaired) electrons. The van der Waals surface area contributed by atoms with Gasteiger partial charge in [-0.05, 0) is 32.1 Å². The molecule has 168 valence electrons. The lowest BCUT2D eigenvalue weighted by Crippen LogP contribution is -2.25. The van der Waals surface area contributed by atoms with Crippen molar-refractivity contribution >= 4 is 5.97 Å². The van der Waals surface area contributed by atoms with Crippen molar-refractivity contribution in [1.82, 2.24) is 0 Å². The quantitative estimate of drug-likeness (QED) is 0.192. The van der Waals surface area contributed by atoms with Gasteiger partial charge in [-0.15, -0.1) is 0 Å². The molecule has 0 spiro atoms. The summed E-state index contributed by atoms with van der Waals surface area (Å²) in [5.74, 6) is 0.644. The fraction of sp³-hybridized carbons (Fsp3) is 0.962. The summed E-state index contributed by atoms with van der Waals surface area (Å²) >= 11 is 0. The molecule has 1 fully saturated rings. The minimum Gasteiger partial charge on any atom is -0.462 e. The van der Waals surface area contributed by atoms with Crippen LogP contribution in [0.5, 0.6) is 0 Å². The van der Waals surface area contributed by atoms with E-state index in [2.05, 4.69) is 13.8 Å². The number of hydrogen-bond donors (Lipinski definition) is 0. The van der Waals surface area contributed by atoms with Gasteiger partial charge in [-0.3, -0.25) is 4.79 Å². The maximum Gasteiger partial charge on any atom is 0.306 e. The van der Waals surface area contributed by atoms with Crippen LogP contribution in [0.25, 0.3) is 0 Å². The van der Waals surface area contributed by atoms with E-state index in [4.69, 9.17) is 4.74 Å². The largest absolute Gasteiger partial charge is 0.462 e. The van der Waals surface area contributed by atoms with E-state index in [0.29, 0.717) is 12.3 Å². The normalized spacial score (nSPS) is 15.6. The fourth-order valence-corrected chi connectivity index (χ4v) is 4.25. The summed E-state index contributed by atoms with van der Waals surface area (Å²) in [6.07, 6.45) is 24.7. The van der Waals surface area contributed by atoms with Crippen molar-refractivity contribution in [3.63, 3.8) is 0 Å². The summed E-state index contributed by atoms with van der Waals surface area (Å²) in [5.41, 5.74) is 0. The minimum absolute atomic E-state index is 0.0335. The van der Waals surface area contributed by atoms with Crippen molar-refractivity contribution in [3.05, 3.63) is 0 Å². The second kappa shape index (κ2) is 21.2. The first-order valence-corrected chi connectivity index (χ1v) is 12.9. The Morgan fingerprint density at radius 3 is 1.64 bits per heavy atom. The van der Waals surface area contributed by atoms with E-state index in [1.54, 1.807) is 0 Å².